The number of rotatable bonds is 6. The van der Waals surface area contributed by atoms with Crippen LogP contribution in [0, 0.1) is 5.92 Å². The minimum absolute atomic E-state index is 0.135. The fourth-order valence-corrected chi connectivity index (χ4v) is 5.25. The third-order valence-electron chi connectivity index (χ3n) is 5.77. The number of hydrogen-bond donors (Lipinski definition) is 1. The van der Waals surface area contributed by atoms with Gasteiger partial charge < -0.3 is 10.2 Å². The van der Waals surface area contributed by atoms with E-state index in [1.54, 1.807) is 0 Å². The molecular formula is C23H28ClN3OS. The highest BCUT2D eigenvalue weighted by Crippen LogP contribution is 2.33. The maximum absolute atomic E-state index is 12.5. The Morgan fingerprint density at radius 1 is 1.07 bits per heavy atom. The van der Waals surface area contributed by atoms with Gasteiger partial charge in [-0.15, -0.1) is 11.8 Å². The molecule has 29 heavy (non-hydrogen) atoms. The van der Waals surface area contributed by atoms with E-state index in [4.69, 9.17) is 11.6 Å². The van der Waals surface area contributed by atoms with E-state index >= 15 is 0 Å². The molecule has 0 spiro atoms. The van der Waals surface area contributed by atoms with Gasteiger partial charge in [0.1, 0.15) is 0 Å². The summed E-state index contributed by atoms with van der Waals surface area (Å²) in [5.41, 5.74) is 2.50. The van der Waals surface area contributed by atoms with Gasteiger partial charge in [0.25, 0.3) is 0 Å². The number of piperidine rings is 1. The number of hydrogen-bond acceptors (Lipinski definition) is 4. The summed E-state index contributed by atoms with van der Waals surface area (Å²) in [5, 5.41) is 3.97. The number of fused-ring (bicyclic) bond motifs is 1. The van der Waals surface area contributed by atoms with Gasteiger partial charge >= 0.3 is 0 Å². The Bertz CT molecular complexity index is 821. The molecule has 2 aromatic rings. The average molecular weight is 430 g/mol. The van der Waals surface area contributed by atoms with Crippen molar-refractivity contribution in [2.45, 2.75) is 24.3 Å². The van der Waals surface area contributed by atoms with E-state index in [0.29, 0.717) is 12.5 Å². The van der Waals surface area contributed by atoms with Crippen LogP contribution in [0.1, 0.15) is 18.4 Å². The molecule has 2 aliphatic rings. The van der Waals surface area contributed by atoms with E-state index in [2.05, 4.69) is 45.4 Å². The van der Waals surface area contributed by atoms with Crippen molar-refractivity contribution in [1.82, 2.24) is 10.2 Å². The van der Waals surface area contributed by atoms with Crippen LogP contribution in [0.3, 0.4) is 0 Å². The molecule has 2 aliphatic heterocycles. The van der Waals surface area contributed by atoms with Crippen LogP contribution in [0.5, 0.6) is 0 Å². The third kappa shape index (κ3) is 5.68. The van der Waals surface area contributed by atoms with Crippen molar-refractivity contribution in [3.63, 3.8) is 0 Å². The normalized spacial score (nSPS) is 17.8. The van der Waals surface area contributed by atoms with Crippen molar-refractivity contribution in [1.29, 1.82) is 0 Å². The number of likely N-dealkylation sites (tertiary alicyclic amines) is 1. The molecule has 1 amide bonds. The lowest BCUT2D eigenvalue weighted by Gasteiger charge is -2.33. The minimum Gasteiger partial charge on any atom is -0.360 e. The van der Waals surface area contributed by atoms with Crippen LogP contribution < -0.4 is 10.2 Å². The first-order valence-electron chi connectivity index (χ1n) is 10.4. The monoisotopic (exact) mass is 429 g/mol. The van der Waals surface area contributed by atoms with Crippen molar-refractivity contribution < 1.29 is 4.79 Å². The van der Waals surface area contributed by atoms with Crippen LogP contribution in [0.15, 0.2) is 53.4 Å². The molecule has 6 heteroatoms. The average Bonchev–Trinajstić information content (AvgIpc) is 2.75. The van der Waals surface area contributed by atoms with Crippen LogP contribution in [0.2, 0.25) is 5.02 Å². The highest BCUT2D eigenvalue weighted by molar-refractivity contribution is 7.99. The Balaban J connectivity index is 1.19. The van der Waals surface area contributed by atoms with Crippen molar-refractivity contribution in [2.75, 3.05) is 43.4 Å². The Morgan fingerprint density at radius 2 is 1.83 bits per heavy atom. The van der Waals surface area contributed by atoms with Gasteiger partial charge in [0, 0.05) is 35.3 Å². The number of para-hydroxylation sites is 1. The molecule has 4 rings (SSSR count). The van der Waals surface area contributed by atoms with Crippen molar-refractivity contribution in [2.24, 2.45) is 5.92 Å². The smallest absolute Gasteiger partial charge is 0.239 e. The summed E-state index contributed by atoms with van der Waals surface area (Å²) >= 11 is 7.84. The van der Waals surface area contributed by atoms with Crippen LogP contribution in [0.4, 0.5) is 5.69 Å². The number of thioether (sulfide) groups is 1. The summed E-state index contributed by atoms with van der Waals surface area (Å²) < 4.78 is 0. The van der Waals surface area contributed by atoms with E-state index in [1.807, 2.05) is 30.0 Å². The van der Waals surface area contributed by atoms with Crippen molar-refractivity contribution in [3.8, 4) is 0 Å². The topological polar surface area (TPSA) is 35.6 Å². The molecule has 4 nitrogen and oxygen atoms in total. The molecule has 0 aromatic heterocycles. The first kappa shape index (κ1) is 20.6. The van der Waals surface area contributed by atoms with E-state index < -0.39 is 0 Å². The third-order valence-corrected chi connectivity index (χ3v) is 7.07. The largest absolute Gasteiger partial charge is 0.360 e. The molecule has 1 N–H and O–H groups in total. The predicted molar refractivity (Wildman–Crippen MR) is 122 cm³/mol. The SMILES string of the molecule is O=C(CN1CCSc2ccccc21)NCC1CCN(Cc2ccc(Cl)cc2)CC1. The summed E-state index contributed by atoms with van der Waals surface area (Å²) in [6.07, 6.45) is 2.27. The second-order valence-electron chi connectivity index (χ2n) is 7.89. The number of anilines is 1. The van der Waals surface area contributed by atoms with E-state index in [0.717, 1.165) is 56.3 Å². The van der Waals surface area contributed by atoms with Gasteiger partial charge in [-0.05, 0) is 61.7 Å². The zero-order valence-corrected chi connectivity index (χ0v) is 18.2. The molecule has 0 atom stereocenters. The van der Waals surface area contributed by atoms with Gasteiger partial charge in [-0.3, -0.25) is 9.69 Å². The second-order valence-corrected chi connectivity index (χ2v) is 9.46. The first-order valence-corrected chi connectivity index (χ1v) is 11.7. The molecule has 1 saturated heterocycles. The molecule has 0 saturated carbocycles. The number of carbonyl (C=O) groups excluding carboxylic acids is 1. The Kier molecular flexibility index (Phi) is 7.01. The Morgan fingerprint density at radius 3 is 2.62 bits per heavy atom. The molecule has 2 aromatic carbocycles. The standard InChI is InChI=1S/C23H28ClN3OS/c24-20-7-5-19(6-8-20)16-26-11-9-18(10-12-26)15-25-23(28)17-27-13-14-29-22-4-2-1-3-21(22)27/h1-8,18H,9-17H2,(H,25,28). The number of benzene rings is 2. The maximum atomic E-state index is 12.5. The van der Waals surface area contributed by atoms with E-state index in [9.17, 15) is 4.79 Å². The number of nitrogens with one attached hydrogen (secondary N) is 1. The first-order chi connectivity index (χ1) is 14.2. The Hall–Kier alpha value is -1.69. The van der Waals surface area contributed by atoms with Gasteiger partial charge in [-0.25, -0.2) is 0 Å². The molecule has 2 heterocycles. The van der Waals surface area contributed by atoms with Gasteiger partial charge in [0.2, 0.25) is 5.91 Å². The Labute approximate surface area is 182 Å². The van der Waals surface area contributed by atoms with Gasteiger partial charge in [0.15, 0.2) is 0 Å². The van der Waals surface area contributed by atoms with Gasteiger partial charge in [-0.2, -0.15) is 0 Å². The molecular weight excluding hydrogens is 402 g/mol. The van der Waals surface area contributed by atoms with Crippen LogP contribution >= 0.6 is 23.4 Å². The van der Waals surface area contributed by atoms with E-state index in [1.165, 1.54) is 16.1 Å². The lowest BCUT2D eigenvalue weighted by Crippen LogP contribution is -2.43. The van der Waals surface area contributed by atoms with Crippen molar-refractivity contribution in [3.05, 3.63) is 59.1 Å². The lowest BCUT2D eigenvalue weighted by atomic mass is 9.96. The van der Waals surface area contributed by atoms with Crippen molar-refractivity contribution >= 4 is 35.0 Å². The second kappa shape index (κ2) is 9.88. The summed E-state index contributed by atoms with van der Waals surface area (Å²) in [7, 11) is 0. The molecule has 0 unspecified atom stereocenters. The number of nitrogens with zero attached hydrogens (tertiary/aromatic N) is 2. The van der Waals surface area contributed by atoms with Gasteiger partial charge in [-0.1, -0.05) is 35.9 Å². The van der Waals surface area contributed by atoms with Gasteiger partial charge in [0.05, 0.1) is 12.2 Å². The zero-order valence-electron chi connectivity index (χ0n) is 16.6. The fourth-order valence-electron chi connectivity index (χ4n) is 4.08. The predicted octanol–water partition coefficient (Wildman–Crippen LogP) is 4.28. The molecule has 0 aliphatic carbocycles. The summed E-state index contributed by atoms with van der Waals surface area (Å²) in [6, 6.07) is 16.5. The number of amides is 1. The van der Waals surface area contributed by atoms with Crippen LogP contribution in [-0.2, 0) is 11.3 Å². The fraction of sp³-hybridized carbons (Fsp3) is 0.435. The quantitative estimate of drug-likeness (QED) is 0.743. The highest BCUT2D eigenvalue weighted by atomic mass is 35.5. The lowest BCUT2D eigenvalue weighted by molar-refractivity contribution is -0.120. The molecule has 0 bridgehead atoms. The van der Waals surface area contributed by atoms with Crippen LogP contribution in [0.25, 0.3) is 0 Å². The maximum Gasteiger partial charge on any atom is 0.239 e. The zero-order chi connectivity index (χ0) is 20.1. The minimum atomic E-state index is 0.135. The molecule has 0 radical (unpaired) electrons. The number of halogens is 1. The molecule has 154 valence electrons. The van der Waals surface area contributed by atoms with E-state index in [-0.39, 0.29) is 5.91 Å². The van der Waals surface area contributed by atoms with Crippen LogP contribution in [-0.4, -0.2) is 49.3 Å². The number of carbonyl (C=O) groups is 1. The summed E-state index contributed by atoms with van der Waals surface area (Å²) in [4.78, 5) is 18.5. The highest BCUT2D eigenvalue weighted by Gasteiger charge is 2.22. The summed E-state index contributed by atoms with van der Waals surface area (Å²) in [6.45, 7) is 5.31. The summed E-state index contributed by atoms with van der Waals surface area (Å²) in [5.74, 6) is 1.75. The molecule has 1 fully saturated rings.